The number of fused-ring (bicyclic) bond motifs is 1. The monoisotopic (exact) mass is 437 g/mol. The molecule has 1 atom stereocenters. The van der Waals surface area contributed by atoms with Crippen molar-refractivity contribution in [2.24, 2.45) is 0 Å². The average Bonchev–Trinajstić information content (AvgIpc) is 3.46. The lowest BCUT2D eigenvalue weighted by Gasteiger charge is -2.16. The van der Waals surface area contributed by atoms with Crippen LogP contribution in [-0.2, 0) is 24.3 Å². The van der Waals surface area contributed by atoms with Gasteiger partial charge in [-0.15, -0.1) is 11.3 Å². The molecular formula is C23H23N3O4S. The highest BCUT2D eigenvalue weighted by Gasteiger charge is 2.18. The maximum atomic E-state index is 13.1. The number of hydrogen-bond donors (Lipinski definition) is 1. The molecule has 0 spiro atoms. The van der Waals surface area contributed by atoms with Crippen molar-refractivity contribution in [2.75, 3.05) is 0 Å². The van der Waals surface area contributed by atoms with E-state index < -0.39 is 5.69 Å². The zero-order valence-corrected chi connectivity index (χ0v) is 17.9. The fourth-order valence-corrected chi connectivity index (χ4v) is 4.39. The number of nitrogens with zero attached hydrogens (tertiary/aromatic N) is 2. The first-order chi connectivity index (χ1) is 15.0. The third-order valence-electron chi connectivity index (χ3n) is 5.15. The third kappa shape index (κ3) is 4.69. The Kier molecular flexibility index (Phi) is 6.18. The number of aryl methyl sites for hydroxylation is 1. The predicted octanol–water partition coefficient (Wildman–Crippen LogP) is 3.00. The van der Waals surface area contributed by atoms with Crippen LogP contribution in [0.4, 0.5) is 0 Å². The smallest absolute Gasteiger partial charge is 0.332 e. The first kappa shape index (κ1) is 20.9. The van der Waals surface area contributed by atoms with E-state index in [2.05, 4.69) is 17.4 Å². The Bertz CT molecular complexity index is 1290. The van der Waals surface area contributed by atoms with Gasteiger partial charge in [0.15, 0.2) is 0 Å². The van der Waals surface area contributed by atoms with Gasteiger partial charge in [0.2, 0.25) is 5.91 Å². The van der Waals surface area contributed by atoms with Crippen molar-refractivity contribution in [3.8, 4) is 0 Å². The van der Waals surface area contributed by atoms with Crippen molar-refractivity contribution < 1.29 is 9.21 Å². The third-order valence-corrected chi connectivity index (χ3v) is 6.04. The summed E-state index contributed by atoms with van der Waals surface area (Å²) >= 11 is 1.25. The molecule has 3 heterocycles. The van der Waals surface area contributed by atoms with Crippen LogP contribution in [0.3, 0.4) is 0 Å². The lowest BCUT2D eigenvalue weighted by atomic mass is 10.1. The van der Waals surface area contributed by atoms with Crippen molar-refractivity contribution >= 4 is 27.5 Å². The van der Waals surface area contributed by atoms with E-state index in [1.807, 2.05) is 25.1 Å². The van der Waals surface area contributed by atoms with Crippen molar-refractivity contribution in [3.63, 3.8) is 0 Å². The van der Waals surface area contributed by atoms with E-state index in [1.54, 1.807) is 23.6 Å². The van der Waals surface area contributed by atoms with Crippen LogP contribution in [0.25, 0.3) is 10.2 Å². The Morgan fingerprint density at radius 2 is 1.90 bits per heavy atom. The molecule has 160 valence electrons. The number of furan rings is 1. The second kappa shape index (κ2) is 9.18. The van der Waals surface area contributed by atoms with Gasteiger partial charge in [0, 0.05) is 6.04 Å². The highest BCUT2D eigenvalue weighted by molar-refractivity contribution is 7.17. The van der Waals surface area contributed by atoms with Crippen LogP contribution in [0.15, 0.2) is 74.2 Å². The zero-order valence-electron chi connectivity index (χ0n) is 17.1. The van der Waals surface area contributed by atoms with Crippen LogP contribution in [0.2, 0.25) is 0 Å². The molecule has 1 N–H and O–H groups in total. The molecule has 4 aromatic rings. The Morgan fingerprint density at radius 3 is 2.65 bits per heavy atom. The number of rotatable bonds is 8. The van der Waals surface area contributed by atoms with Gasteiger partial charge in [0.25, 0.3) is 5.56 Å². The second-order valence-corrected chi connectivity index (χ2v) is 8.38. The van der Waals surface area contributed by atoms with Crippen LogP contribution in [-0.4, -0.2) is 21.1 Å². The van der Waals surface area contributed by atoms with Gasteiger partial charge >= 0.3 is 5.69 Å². The van der Waals surface area contributed by atoms with Gasteiger partial charge in [-0.3, -0.25) is 18.7 Å². The molecule has 8 heteroatoms. The summed E-state index contributed by atoms with van der Waals surface area (Å²) in [5.41, 5.74) is 0.784. The first-order valence-corrected chi connectivity index (χ1v) is 11.0. The molecule has 0 aliphatic rings. The lowest BCUT2D eigenvalue weighted by Crippen LogP contribution is -2.43. The lowest BCUT2D eigenvalue weighted by molar-refractivity contribution is -0.122. The van der Waals surface area contributed by atoms with E-state index in [0.717, 1.165) is 17.4 Å². The van der Waals surface area contributed by atoms with Crippen molar-refractivity contribution in [2.45, 2.75) is 38.9 Å². The molecule has 0 bridgehead atoms. The number of aromatic nitrogens is 2. The normalized spacial score (nSPS) is 12.2. The molecule has 0 saturated carbocycles. The molecule has 0 aliphatic carbocycles. The molecule has 1 aromatic carbocycles. The number of carbonyl (C=O) groups excluding carboxylic acids is 1. The minimum atomic E-state index is -0.528. The van der Waals surface area contributed by atoms with Crippen molar-refractivity contribution in [3.05, 3.63) is 92.3 Å². The van der Waals surface area contributed by atoms with E-state index in [4.69, 9.17) is 4.42 Å². The number of nitrogens with one attached hydrogen (secondary N) is 1. The highest BCUT2D eigenvalue weighted by Crippen LogP contribution is 2.15. The van der Waals surface area contributed by atoms with E-state index in [9.17, 15) is 14.4 Å². The van der Waals surface area contributed by atoms with Crippen molar-refractivity contribution in [1.29, 1.82) is 0 Å². The van der Waals surface area contributed by atoms with Crippen LogP contribution in [0.1, 0.15) is 24.7 Å². The molecule has 7 nitrogen and oxygen atoms in total. The molecule has 31 heavy (non-hydrogen) atoms. The van der Waals surface area contributed by atoms with Gasteiger partial charge in [0.05, 0.1) is 18.3 Å². The maximum absolute atomic E-state index is 13.1. The molecule has 0 unspecified atom stereocenters. The fraction of sp³-hybridized carbons (Fsp3) is 0.261. The van der Waals surface area contributed by atoms with Crippen LogP contribution < -0.4 is 16.6 Å². The summed E-state index contributed by atoms with van der Waals surface area (Å²) in [6.07, 6.45) is 3.13. The van der Waals surface area contributed by atoms with Crippen LogP contribution in [0.5, 0.6) is 0 Å². The zero-order chi connectivity index (χ0) is 21.8. The van der Waals surface area contributed by atoms with Crippen molar-refractivity contribution in [1.82, 2.24) is 14.5 Å². The minimum absolute atomic E-state index is 0.0214. The van der Waals surface area contributed by atoms with Crippen LogP contribution >= 0.6 is 11.3 Å². The Morgan fingerprint density at radius 1 is 1.10 bits per heavy atom. The topological polar surface area (TPSA) is 86.2 Å². The SMILES string of the molecule is C[C@H](CCc1ccccc1)NC(=O)Cn1c(=O)n(Cc2ccco2)c(=O)c2sccc21. The van der Waals surface area contributed by atoms with Gasteiger partial charge < -0.3 is 9.73 Å². The largest absolute Gasteiger partial charge is 0.467 e. The Balaban J connectivity index is 1.52. The molecule has 0 aliphatic heterocycles. The van der Waals surface area contributed by atoms with Crippen LogP contribution in [0, 0.1) is 0 Å². The first-order valence-electron chi connectivity index (χ1n) is 10.1. The minimum Gasteiger partial charge on any atom is -0.467 e. The summed E-state index contributed by atoms with van der Waals surface area (Å²) in [4.78, 5) is 38.6. The molecule has 0 radical (unpaired) electrons. The maximum Gasteiger partial charge on any atom is 0.332 e. The molecule has 4 rings (SSSR count). The summed E-state index contributed by atoms with van der Waals surface area (Å²) in [6.45, 7) is 1.81. The average molecular weight is 438 g/mol. The summed E-state index contributed by atoms with van der Waals surface area (Å²) < 4.78 is 8.21. The number of hydrogen-bond acceptors (Lipinski definition) is 5. The van der Waals surface area contributed by atoms with Gasteiger partial charge in [-0.05, 0) is 48.9 Å². The standard InChI is InChI=1S/C23H23N3O4S/c1-16(9-10-17-6-3-2-4-7-17)24-20(27)15-25-19-11-13-31-21(19)22(28)26(23(25)29)14-18-8-5-12-30-18/h2-8,11-13,16H,9-10,14-15H2,1H3,(H,24,27)/t16-/m1/s1. The predicted molar refractivity (Wildman–Crippen MR) is 121 cm³/mol. The Labute approximate surface area is 182 Å². The summed E-state index contributed by atoms with van der Waals surface area (Å²) in [5, 5.41) is 4.71. The summed E-state index contributed by atoms with van der Waals surface area (Å²) in [6, 6.07) is 15.1. The van der Waals surface area contributed by atoms with E-state index in [0.29, 0.717) is 16.0 Å². The van der Waals surface area contributed by atoms with Gasteiger partial charge in [-0.25, -0.2) is 4.79 Å². The van der Waals surface area contributed by atoms with E-state index >= 15 is 0 Å². The van der Waals surface area contributed by atoms with Gasteiger partial charge in [0.1, 0.15) is 17.0 Å². The number of benzene rings is 1. The number of carbonyl (C=O) groups is 1. The quantitative estimate of drug-likeness (QED) is 0.459. The molecule has 1 amide bonds. The van der Waals surface area contributed by atoms with E-state index in [1.165, 1.54) is 27.7 Å². The summed E-state index contributed by atoms with van der Waals surface area (Å²) in [5.74, 6) is 0.235. The molecule has 3 aromatic heterocycles. The molecule has 0 saturated heterocycles. The number of amides is 1. The van der Waals surface area contributed by atoms with Gasteiger partial charge in [-0.1, -0.05) is 30.3 Å². The molecular weight excluding hydrogens is 414 g/mol. The van der Waals surface area contributed by atoms with E-state index in [-0.39, 0.29) is 30.6 Å². The molecule has 0 fully saturated rings. The highest BCUT2D eigenvalue weighted by atomic mass is 32.1. The fourth-order valence-electron chi connectivity index (χ4n) is 3.55. The summed E-state index contributed by atoms with van der Waals surface area (Å²) in [7, 11) is 0. The number of thiophene rings is 1. The second-order valence-electron chi connectivity index (χ2n) is 7.47. The Hall–Kier alpha value is -3.39. The van der Waals surface area contributed by atoms with Gasteiger partial charge in [-0.2, -0.15) is 0 Å².